The van der Waals surface area contributed by atoms with Crippen LogP contribution in [0.25, 0.3) is 0 Å². The Kier molecular flexibility index (Phi) is 5.04. The van der Waals surface area contributed by atoms with Crippen LogP contribution in [0.2, 0.25) is 0 Å². The van der Waals surface area contributed by atoms with Crippen molar-refractivity contribution in [3.8, 4) is 0 Å². The summed E-state index contributed by atoms with van der Waals surface area (Å²) in [4.78, 5) is 2.63. The number of nitrogens with zero attached hydrogens (tertiary/aromatic N) is 2. The van der Waals surface area contributed by atoms with Crippen LogP contribution in [0.15, 0.2) is 16.3 Å². The van der Waals surface area contributed by atoms with Crippen LogP contribution < -0.4 is 0 Å². The van der Waals surface area contributed by atoms with Gasteiger partial charge in [0.2, 0.25) is 0 Å². The number of oxime groups is 1. The zero-order valence-electron chi connectivity index (χ0n) is 22.9. The van der Waals surface area contributed by atoms with Crippen LogP contribution in [-0.4, -0.2) is 47.2 Å². The van der Waals surface area contributed by atoms with Gasteiger partial charge in [-0.2, -0.15) is 0 Å². The molecule has 194 valence electrons. The van der Waals surface area contributed by atoms with Gasteiger partial charge in [-0.15, -0.1) is 0 Å². The number of ether oxygens (including phenoxy) is 1. The van der Waals surface area contributed by atoms with Crippen LogP contribution in [0.5, 0.6) is 0 Å². The highest BCUT2D eigenvalue weighted by molar-refractivity contribution is 5.85. The van der Waals surface area contributed by atoms with Crippen LogP contribution in [-0.2, 0) is 4.74 Å². The predicted octanol–water partition coefficient (Wildman–Crippen LogP) is 6.67. The fourth-order valence-electron chi connectivity index (χ4n) is 11.8. The molecule has 4 nitrogen and oxygen atoms in total. The van der Waals surface area contributed by atoms with Crippen LogP contribution in [0.1, 0.15) is 98.3 Å². The van der Waals surface area contributed by atoms with Crippen molar-refractivity contribution in [2.75, 3.05) is 13.6 Å². The van der Waals surface area contributed by atoms with E-state index in [1.54, 1.807) is 5.57 Å². The summed E-state index contributed by atoms with van der Waals surface area (Å²) < 4.78 is 7.16. The Morgan fingerprint density at radius 3 is 2.69 bits per heavy atom. The Balaban J connectivity index is 1.19. The Morgan fingerprint density at radius 2 is 1.89 bits per heavy atom. The molecule has 11 atom stereocenters. The van der Waals surface area contributed by atoms with Crippen molar-refractivity contribution >= 4 is 5.71 Å². The van der Waals surface area contributed by atoms with Crippen molar-refractivity contribution < 1.29 is 9.94 Å². The Labute approximate surface area is 212 Å². The van der Waals surface area contributed by atoms with Gasteiger partial charge in [0.15, 0.2) is 0 Å². The van der Waals surface area contributed by atoms with Crippen molar-refractivity contribution in [1.29, 1.82) is 0 Å². The second-order valence-electron chi connectivity index (χ2n) is 14.7. The molecular formula is C31H48N2O2. The summed E-state index contributed by atoms with van der Waals surface area (Å²) in [6.45, 7) is 11.3. The van der Waals surface area contributed by atoms with Crippen LogP contribution >= 0.6 is 0 Å². The van der Waals surface area contributed by atoms with Crippen molar-refractivity contribution in [2.24, 2.45) is 51.5 Å². The molecule has 2 saturated heterocycles. The first-order chi connectivity index (χ1) is 16.7. The maximum absolute atomic E-state index is 9.49. The topological polar surface area (TPSA) is 45.1 Å². The maximum atomic E-state index is 9.49. The van der Waals surface area contributed by atoms with Gasteiger partial charge in [0.1, 0.15) is 0 Å². The van der Waals surface area contributed by atoms with Gasteiger partial charge in [-0.3, -0.25) is 0 Å². The molecule has 2 spiro atoms. The molecule has 2 aliphatic heterocycles. The Hall–Kier alpha value is -0.870. The summed E-state index contributed by atoms with van der Waals surface area (Å²) >= 11 is 0. The summed E-state index contributed by atoms with van der Waals surface area (Å²) in [6.07, 6.45) is 14.3. The third-order valence-electron chi connectivity index (χ3n) is 13.4. The van der Waals surface area contributed by atoms with E-state index < -0.39 is 0 Å². The van der Waals surface area contributed by atoms with Crippen molar-refractivity contribution in [3.63, 3.8) is 0 Å². The molecule has 4 heteroatoms. The van der Waals surface area contributed by atoms with Gasteiger partial charge in [0, 0.05) is 18.5 Å². The van der Waals surface area contributed by atoms with Crippen LogP contribution in [0.4, 0.5) is 0 Å². The van der Waals surface area contributed by atoms with E-state index in [-0.39, 0.29) is 5.60 Å². The number of hydrogen-bond donors (Lipinski definition) is 1. The fourth-order valence-corrected chi connectivity index (χ4v) is 11.8. The largest absolute Gasteiger partial charge is 0.411 e. The first-order valence-electron chi connectivity index (χ1n) is 15.0. The highest BCUT2D eigenvalue weighted by atomic mass is 16.5. The van der Waals surface area contributed by atoms with E-state index in [9.17, 15) is 5.21 Å². The molecule has 0 amide bonds. The van der Waals surface area contributed by atoms with Gasteiger partial charge >= 0.3 is 0 Å². The van der Waals surface area contributed by atoms with E-state index in [2.05, 4.69) is 44.8 Å². The lowest BCUT2D eigenvalue weighted by molar-refractivity contribution is -0.0769. The predicted molar refractivity (Wildman–Crippen MR) is 140 cm³/mol. The third-order valence-corrected chi connectivity index (χ3v) is 13.4. The molecule has 3 unspecified atom stereocenters. The van der Waals surface area contributed by atoms with Gasteiger partial charge in [0.25, 0.3) is 0 Å². The number of hydrogen-bond acceptors (Lipinski definition) is 4. The maximum Gasteiger partial charge on any atom is 0.0765 e. The van der Waals surface area contributed by atoms with Crippen molar-refractivity contribution in [3.05, 3.63) is 11.1 Å². The molecule has 7 rings (SSSR count). The SMILES string of the molecule is CC1=C2C[C@@]34C(CC[C@@H]5C/C(=N/O)CC[C@@]53C)C4C[C@@H]2CC[C@@]2(C1)O[C@@H]1C[C@H](C)CN(C)C1[C@H]2C. The summed E-state index contributed by atoms with van der Waals surface area (Å²) in [7, 11) is 2.35. The third kappa shape index (κ3) is 2.96. The van der Waals surface area contributed by atoms with E-state index in [1.165, 1.54) is 64.3 Å². The van der Waals surface area contributed by atoms with Crippen LogP contribution in [0, 0.1) is 46.3 Å². The average Bonchev–Trinajstić information content (AvgIpc) is 3.44. The van der Waals surface area contributed by atoms with Gasteiger partial charge in [-0.25, -0.2) is 0 Å². The van der Waals surface area contributed by atoms with Crippen molar-refractivity contribution in [2.45, 2.75) is 116 Å². The van der Waals surface area contributed by atoms with Gasteiger partial charge < -0.3 is 14.8 Å². The fraction of sp³-hybridized carbons (Fsp3) is 0.903. The Morgan fingerprint density at radius 1 is 1.06 bits per heavy atom. The van der Waals surface area contributed by atoms with Crippen LogP contribution in [0.3, 0.4) is 0 Å². The molecular weight excluding hydrogens is 432 g/mol. The number of allylic oxidation sites excluding steroid dienone is 1. The summed E-state index contributed by atoms with van der Waals surface area (Å²) in [5.41, 5.74) is 5.64. The molecule has 0 aromatic rings. The molecule has 6 fully saturated rings. The normalized spacial score (nSPS) is 56.7. The molecule has 0 radical (unpaired) electrons. The highest BCUT2D eigenvalue weighted by Crippen LogP contribution is 2.83. The molecule has 7 aliphatic rings. The molecule has 0 aromatic carbocycles. The molecule has 0 aromatic heterocycles. The quantitative estimate of drug-likeness (QED) is 0.239. The van der Waals surface area contributed by atoms with E-state index in [1.807, 2.05) is 5.57 Å². The minimum Gasteiger partial charge on any atom is -0.411 e. The first kappa shape index (κ1) is 23.3. The minimum atomic E-state index is 0.0552. The molecule has 35 heavy (non-hydrogen) atoms. The van der Waals surface area contributed by atoms with Gasteiger partial charge in [-0.05, 0) is 125 Å². The number of fused-ring (bicyclic) bond motifs is 4. The molecule has 5 aliphatic carbocycles. The molecule has 2 heterocycles. The smallest absolute Gasteiger partial charge is 0.0765 e. The molecule has 4 saturated carbocycles. The van der Waals surface area contributed by atoms with Gasteiger partial charge in [0.05, 0.1) is 17.4 Å². The summed E-state index contributed by atoms with van der Waals surface area (Å²) in [5, 5.41) is 13.2. The first-order valence-corrected chi connectivity index (χ1v) is 15.0. The minimum absolute atomic E-state index is 0.0552. The Bertz CT molecular complexity index is 973. The number of rotatable bonds is 0. The molecule has 1 N–H and O–H groups in total. The average molecular weight is 481 g/mol. The second-order valence-corrected chi connectivity index (χ2v) is 14.7. The van der Waals surface area contributed by atoms with E-state index in [0.29, 0.717) is 28.9 Å². The number of likely N-dealkylation sites (N-methyl/N-ethyl adjacent to an activating group) is 1. The molecule has 0 bridgehead atoms. The van der Waals surface area contributed by atoms with Gasteiger partial charge in [-0.1, -0.05) is 37.1 Å². The summed E-state index contributed by atoms with van der Waals surface area (Å²) in [6, 6.07) is 0.600. The monoisotopic (exact) mass is 480 g/mol. The number of likely N-dealkylation sites (tertiary alicyclic amines) is 1. The number of piperidine rings is 1. The lowest BCUT2D eigenvalue weighted by Gasteiger charge is -2.53. The zero-order chi connectivity index (χ0) is 24.3. The van der Waals surface area contributed by atoms with E-state index in [4.69, 9.17) is 4.74 Å². The van der Waals surface area contributed by atoms with E-state index >= 15 is 0 Å². The standard InChI is InChI=1S/C31H48N2O2/c1-18-12-27-28(33(5)17-18)20(3)30(35-27)11-8-21-13-26-25-7-6-22-14-23(32-34)9-10-29(22,4)31(25,26)16-24(21)19(2)15-30/h18,20-22,25-28,34H,6-17H2,1-5H3/b32-23+/t18-,20+,21-,22+,25?,26?,27+,28?,29-,30-,31-/m0/s1. The summed E-state index contributed by atoms with van der Waals surface area (Å²) in [5.74, 6) is 4.77. The van der Waals surface area contributed by atoms with Crippen molar-refractivity contribution in [1.82, 2.24) is 4.90 Å². The zero-order valence-corrected chi connectivity index (χ0v) is 22.9. The van der Waals surface area contributed by atoms with E-state index in [0.717, 1.165) is 48.1 Å². The lowest BCUT2D eigenvalue weighted by Crippen LogP contribution is -2.49. The highest BCUT2D eigenvalue weighted by Gasteiger charge is 2.76. The lowest BCUT2D eigenvalue weighted by atomic mass is 9.51. The second kappa shape index (κ2) is 7.59.